The molecule has 0 bridgehead atoms. The molecular weight excluding hydrogens is 314 g/mol. The van der Waals surface area contributed by atoms with E-state index in [0.717, 1.165) is 5.56 Å². The molecule has 0 aliphatic carbocycles. The largest absolute Gasteiger partial charge is 0.395 e. The van der Waals surface area contributed by atoms with Crippen LogP contribution in [-0.4, -0.2) is 23.4 Å². The van der Waals surface area contributed by atoms with E-state index in [9.17, 15) is 14.6 Å². The Labute approximate surface area is 132 Å². The van der Waals surface area contributed by atoms with Crippen molar-refractivity contribution in [3.63, 3.8) is 0 Å². The molecule has 0 spiro atoms. The van der Waals surface area contributed by atoms with E-state index >= 15 is 0 Å². The van der Waals surface area contributed by atoms with Crippen LogP contribution in [0.2, 0.25) is 10.0 Å². The predicted molar refractivity (Wildman–Crippen MR) is 82.4 cm³/mol. The van der Waals surface area contributed by atoms with Crippen LogP contribution >= 0.6 is 23.2 Å². The molecule has 0 saturated carbocycles. The van der Waals surface area contributed by atoms with Crippen LogP contribution in [0.15, 0.2) is 42.5 Å². The van der Waals surface area contributed by atoms with Crippen molar-refractivity contribution in [3.8, 4) is 0 Å². The average molecular weight is 329 g/mol. The third-order valence-electron chi connectivity index (χ3n) is 3.62. The number of aliphatic hydroxyl groups excluding tert-OH is 2. The van der Waals surface area contributed by atoms with Crippen LogP contribution in [0.4, 0.5) is 4.39 Å². The maximum Gasteiger partial charge on any atom is 0.123 e. The first-order valence-electron chi connectivity index (χ1n) is 6.43. The minimum absolute atomic E-state index is 0.294. The van der Waals surface area contributed by atoms with Crippen molar-refractivity contribution in [3.05, 3.63) is 69.5 Å². The molecule has 0 unspecified atom stereocenters. The molecule has 2 N–H and O–H groups in total. The molecule has 21 heavy (non-hydrogen) atoms. The molecule has 2 aromatic rings. The lowest BCUT2D eigenvalue weighted by molar-refractivity contribution is 0.116. The van der Waals surface area contributed by atoms with Gasteiger partial charge in [-0.2, -0.15) is 0 Å². The van der Waals surface area contributed by atoms with E-state index in [1.54, 1.807) is 30.3 Å². The van der Waals surface area contributed by atoms with Gasteiger partial charge >= 0.3 is 0 Å². The Kier molecular flexibility index (Phi) is 5.22. The molecule has 0 saturated heterocycles. The minimum Gasteiger partial charge on any atom is -0.395 e. The molecule has 0 atom stereocenters. The second-order valence-electron chi connectivity index (χ2n) is 4.99. The summed E-state index contributed by atoms with van der Waals surface area (Å²) in [5.74, 6) is -0.371. The van der Waals surface area contributed by atoms with Gasteiger partial charge in [0.05, 0.1) is 23.3 Å². The van der Waals surface area contributed by atoms with Gasteiger partial charge in [0.15, 0.2) is 0 Å². The summed E-state index contributed by atoms with van der Waals surface area (Å²) in [4.78, 5) is 0. The Hall–Kier alpha value is -1.13. The third-order valence-corrected chi connectivity index (χ3v) is 4.48. The summed E-state index contributed by atoms with van der Waals surface area (Å²) in [5, 5.41) is 20.4. The van der Waals surface area contributed by atoms with Gasteiger partial charge in [-0.1, -0.05) is 47.5 Å². The van der Waals surface area contributed by atoms with Crippen molar-refractivity contribution < 1.29 is 14.6 Å². The predicted octanol–water partition coefficient (Wildman–Crippen LogP) is 3.60. The molecule has 0 aromatic heterocycles. The maximum atomic E-state index is 13.1. The van der Waals surface area contributed by atoms with Crippen LogP contribution < -0.4 is 0 Å². The van der Waals surface area contributed by atoms with Crippen molar-refractivity contribution in [2.75, 3.05) is 13.2 Å². The molecule has 0 aliphatic heterocycles. The average Bonchev–Trinajstić information content (AvgIpc) is 2.50. The molecular formula is C16H15Cl2FO2. The van der Waals surface area contributed by atoms with E-state index in [1.807, 2.05) is 0 Å². The number of halogens is 3. The summed E-state index contributed by atoms with van der Waals surface area (Å²) >= 11 is 12.2. The summed E-state index contributed by atoms with van der Waals surface area (Å²) in [5.41, 5.74) is 0.420. The van der Waals surface area contributed by atoms with Gasteiger partial charge in [-0.15, -0.1) is 0 Å². The summed E-state index contributed by atoms with van der Waals surface area (Å²) in [6, 6.07) is 10.9. The molecule has 0 radical (unpaired) electrons. The second-order valence-corrected chi connectivity index (χ2v) is 5.78. The van der Waals surface area contributed by atoms with Gasteiger partial charge in [0.2, 0.25) is 0 Å². The van der Waals surface area contributed by atoms with Crippen LogP contribution in [-0.2, 0) is 11.8 Å². The zero-order valence-corrected chi connectivity index (χ0v) is 12.7. The van der Waals surface area contributed by atoms with Crippen LogP contribution in [0, 0.1) is 5.82 Å². The van der Waals surface area contributed by atoms with Crippen LogP contribution in [0.1, 0.15) is 11.1 Å². The van der Waals surface area contributed by atoms with Gasteiger partial charge in [0.1, 0.15) is 5.82 Å². The Balaban J connectivity index is 2.43. The Bertz CT molecular complexity index is 610. The standard InChI is InChI=1S/C16H15Cl2FO2/c17-14-3-1-2-11(15(14)18)8-16(9-20,10-21)12-4-6-13(19)7-5-12/h1-7,20-21H,8-10H2. The SMILES string of the molecule is OCC(CO)(Cc1cccc(Cl)c1Cl)c1ccc(F)cc1. The van der Waals surface area contributed by atoms with Gasteiger partial charge in [-0.05, 0) is 35.7 Å². The normalized spacial score (nSPS) is 11.7. The quantitative estimate of drug-likeness (QED) is 0.880. The van der Waals surface area contributed by atoms with E-state index in [-0.39, 0.29) is 19.0 Å². The zero-order chi connectivity index (χ0) is 15.5. The molecule has 0 heterocycles. The van der Waals surface area contributed by atoms with Gasteiger partial charge in [0.25, 0.3) is 0 Å². The number of hydrogen-bond acceptors (Lipinski definition) is 2. The minimum atomic E-state index is -0.942. The van der Waals surface area contributed by atoms with E-state index < -0.39 is 5.41 Å². The van der Waals surface area contributed by atoms with E-state index in [1.165, 1.54) is 12.1 Å². The fraction of sp³-hybridized carbons (Fsp3) is 0.250. The van der Waals surface area contributed by atoms with Crippen molar-refractivity contribution >= 4 is 23.2 Å². The van der Waals surface area contributed by atoms with Gasteiger partial charge in [0, 0.05) is 5.41 Å². The first kappa shape index (κ1) is 16.2. The lowest BCUT2D eigenvalue weighted by atomic mass is 9.77. The molecule has 0 fully saturated rings. The number of aliphatic hydroxyl groups is 2. The first-order chi connectivity index (χ1) is 10.0. The summed E-state index contributed by atoms with van der Waals surface area (Å²) < 4.78 is 13.1. The molecule has 2 nitrogen and oxygen atoms in total. The third kappa shape index (κ3) is 3.38. The first-order valence-corrected chi connectivity index (χ1v) is 7.18. The Morgan fingerprint density at radius 2 is 1.57 bits per heavy atom. The van der Waals surface area contributed by atoms with Crippen LogP contribution in [0.25, 0.3) is 0 Å². The summed E-state index contributed by atoms with van der Waals surface area (Å²) in [7, 11) is 0. The Morgan fingerprint density at radius 3 is 2.14 bits per heavy atom. The molecule has 0 amide bonds. The highest BCUT2D eigenvalue weighted by Crippen LogP contribution is 2.33. The smallest absolute Gasteiger partial charge is 0.123 e. The van der Waals surface area contributed by atoms with E-state index in [4.69, 9.17) is 23.2 Å². The highest BCUT2D eigenvalue weighted by molar-refractivity contribution is 6.42. The zero-order valence-electron chi connectivity index (χ0n) is 11.2. The fourth-order valence-electron chi connectivity index (χ4n) is 2.30. The van der Waals surface area contributed by atoms with Crippen molar-refractivity contribution in [1.29, 1.82) is 0 Å². The van der Waals surface area contributed by atoms with Crippen molar-refractivity contribution in [2.24, 2.45) is 0 Å². The topological polar surface area (TPSA) is 40.5 Å². The number of benzene rings is 2. The van der Waals surface area contributed by atoms with Gasteiger partial charge in [-0.3, -0.25) is 0 Å². The van der Waals surface area contributed by atoms with Gasteiger partial charge < -0.3 is 10.2 Å². The fourth-order valence-corrected chi connectivity index (χ4v) is 2.69. The highest BCUT2D eigenvalue weighted by Gasteiger charge is 2.32. The second kappa shape index (κ2) is 6.75. The van der Waals surface area contributed by atoms with Crippen LogP contribution in [0.5, 0.6) is 0 Å². The van der Waals surface area contributed by atoms with Crippen molar-refractivity contribution in [2.45, 2.75) is 11.8 Å². The molecule has 0 aliphatic rings. The summed E-state index contributed by atoms with van der Waals surface area (Å²) in [6.45, 7) is -0.587. The summed E-state index contributed by atoms with van der Waals surface area (Å²) in [6.07, 6.45) is 0.297. The maximum absolute atomic E-state index is 13.1. The lowest BCUT2D eigenvalue weighted by Gasteiger charge is -2.31. The number of hydrogen-bond donors (Lipinski definition) is 2. The number of rotatable bonds is 5. The van der Waals surface area contributed by atoms with E-state index in [0.29, 0.717) is 22.0 Å². The molecule has 5 heteroatoms. The highest BCUT2D eigenvalue weighted by atomic mass is 35.5. The molecule has 112 valence electrons. The van der Waals surface area contributed by atoms with Gasteiger partial charge in [-0.25, -0.2) is 4.39 Å². The molecule has 2 rings (SSSR count). The lowest BCUT2D eigenvalue weighted by Crippen LogP contribution is -2.37. The van der Waals surface area contributed by atoms with Crippen LogP contribution in [0.3, 0.4) is 0 Å². The Morgan fingerprint density at radius 1 is 0.952 bits per heavy atom. The monoisotopic (exact) mass is 328 g/mol. The molecule has 2 aromatic carbocycles. The van der Waals surface area contributed by atoms with E-state index in [2.05, 4.69) is 0 Å². The van der Waals surface area contributed by atoms with Crippen molar-refractivity contribution in [1.82, 2.24) is 0 Å².